The van der Waals surface area contributed by atoms with E-state index < -0.39 is 29.7 Å². The molecule has 0 aromatic carbocycles. The number of carboxylic acid groups (broad SMARTS) is 1. The number of hydrogen-bond acceptors (Lipinski definition) is 3. The van der Waals surface area contributed by atoms with Crippen LogP contribution in [0.2, 0.25) is 0 Å². The smallest absolute Gasteiger partial charge is 0.312 e. The number of amides is 2. The molecule has 1 fully saturated rings. The maximum absolute atomic E-state index is 11.8. The Morgan fingerprint density at radius 3 is 2.35 bits per heavy atom. The second-order valence-corrected chi connectivity index (χ2v) is 4.25. The average molecular weight is 242 g/mol. The van der Waals surface area contributed by atoms with Gasteiger partial charge in [0.05, 0.1) is 5.92 Å². The van der Waals surface area contributed by atoms with Crippen LogP contribution in [0, 0.1) is 5.92 Å². The van der Waals surface area contributed by atoms with E-state index in [0.29, 0.717) is 19.6 Å². The summed E-state index contributed by atoms with van der Waals surface area (Å²) in [6.07, 6.45) is 0. The first-order chi connectivity index (χ1) is 7.90. The van der Waals surface area contributed by atoms with Crippen molar-refractivity contribution in [1.29, 1.82) is 0 Å². The molecule has 0 aromatic heterocycles. The molecule has 0 bridgehead atoms. The van der Waals surface area contributed by atoms with Crippen molar-refractivity contribution in [3.05, 3.63) is 0 Å². The average Bonchev–Trinajstić information content (AvgIpc) is 2.30. The summed E-state index contributed by atoms with van der Waals surface area (Å²) in [4.78, 5) is 37.1. The fourth-order valence-electron chi connectivity index (χ4n) is 1.86. The molecule has 2 amide bonds. The minimum absolute atomic E-state index is 0.400. The Balaban J connectivity index is 2.77. The Hall–Kier alpha value is -1.59. The maximum Gasteiger partial charge on any atom is 0.312 e. The quantitative estimate of drug-likeness (QED) is 0.692. The van der Waals surface area contributed by atoms with Crippen LogP contribution >= 0.6 is 0 Å². The first-order valence-electron chi connectivity index (χ1n) is 5.72. The Labute approximate surface area is 100 Å². The molecule has 6 heteroatoms. The molecule has 1 aliphatic rings. The molecule has 1 heterocycles. The highest BCUT2D eigenvalue weighted by atomic mass is 16.4. The number of hydrogen-bond donors (Lipinski definition) is 1. The Morgan fingerprint density at radius 1 is 1.29 bits per heavy atom. The van der Waals surface area contributed by atoms with Gasteiger partial charge in [0.15, 0.2) is 0 Å². The van der Waals surface area contributed by atoms with Gasteiger partial charge in [-0.2, -0.15) is 0 Å². The number of likely N-dealkylation sites (N-methyl/N-ethyl adjacent to an activating group) is 1. The summed E-state index contributed by atoms with van der Waals surface area (Å²) < 4.78 is 0. The molecule has 0 aromatic rings. The van der Waals surface area contributed by atoms with E-state index in [0.717, 1.165) is 0 Å². The van der Waals surface area contributed by atoms with Crippen molar-refractivity contribution in [1.82, 2.24) is 9.80 Å². The summed E-state index contributed by atoms with van der Waals surface area (Å²) in [7, 11) is 0. The molecule has 96 valence electrons. The number of piperazine rings is 1. The number of aliphatic carboxylic acids is 1. The van der Waals surface area contributed by atoms with Gasteiger partial charge < -0.3 is 14.9 Å². The number of rotatable bonds is 4. The summed E-state index contributed by atoms with van der Waals surface area (Å²) in [6.45, 7) is 6.38. The number of carbonyl (C=O) groups is 3. The lowest BCUT2D eigenvalue weighted by atomic mass is 10.0. The predicted molar refractivity (Wildman–Crippen MR) is 60.2 cm³/mol. The number of carboxylic acids is 1. The molecule has 0 radical (unpaired) electrons. The van der Waals surface area contributed by atoms with Crippen LogP contribution in [0.5, 0.6) is 0 Å². The second kappa shape index (κ2) is 5.16. The monoisotopic (exact) mass is 242 g/mol. The van der Waals surface area contributed by atoms with Gasteiger partial charge in [-0.15, -0.1) is 0 Å². The molecule has 0 spiro atoms. The van der Waals surface area contributed by atoms with E-state index in [1.54, 1.807) is 6.92 Å². The lowest BCUT2D eigenvalue weighted by Crippen LogP contribution is -2.58. The van der Waals surface area contributed by atoms with Crippen LogP contribution in [-0.2, 0) is 14.4 Å². The minimum atomic E-state index is -0.962. The predicted octanol–water partition coefficient (Wildman–Crippen LogP) is -0.214. The zero-order chi connectivity index (χ0) is 13.2. The van der Waals surface area contributed by atoms with Crippen molar-refractivity contribution in [2.75, 3.05) is 19.6 Å². The molecular weight excluding hydrogens is 224 g/mol. The van der Waals surface area contributed by atoms with Crippen LogP contribution in [0.1, 0.15) is 20.8 Å². The fraction of sp³-hybridized carbons (Fsp3) is 0.727. The van der Waals surface area contributed by atoms with Gasteiger partial charge in [-0.3, -0.25) is 14.4 Å². The first-order valence-corrected chi connectivity index (χ1v) is 5.72. The summed E-state index contributed by atoms with van der Waals surface area (Å²) in [5.41, 5.74) is 0. The third-order valence-corrected chi connectivity index (χ3v) is 3.33. The molecule has 1 rings (SSSR count). The minimum Gasteiger partial charge on any atom is -0.481 e. The molecule has 17 heavy (non-hydrogen) atoms. The fourth-order valence-corrected chi connectivity index (χ4v) is 1.86. The van der Waals surface area contributed by atoms with E-state index in [-0.39, 0.29) is 0 Å². The molecule has 2 atom stereocenters. The summed E-state index contributed by atoms with van der Waals surface area (Å²) in [5.74, 6) is -2.78. The molecule has 1 saturated heterocycles. The zero-order valence-electron chi connectivity index (χ0n) is 10.3. The standard InChI is InChI=1S/C11H18N2O4/c1-4-12-5-6-13(10(15)9(12)14)8(3)7(2)11(16)17/h7-8H,4-6H2,1-3H3,(H,16,17). The summed E-state index contributed by atoms with van der Waals surface area (Å²) in [5, 5.41) is 8.90. The molecule has 1 aliphatic heterocycles. The first kappa shape index (κ1) is 13.5. The van der Waals surface area contributed by atoms with Gasteiger partial charge in [0, 0.05) is 25.7 Å². The highest BCUT2D eigenvalue weighted by Crippen LogP contribution is 2.15. The van der Waals surface area contributed by atoms with Crippen LogP contribution in [0.15, 0.2) is 0 Å². The lowest BCUT2D eigenvalue weighted by molar-refractivity contribution is -0.159. The highest BCUT2D eigenvalue weighted by Gasteiger charge is 2.37. The lowest BCUT2D eigenvalue weighted by Gasteiger charge is -2.38. The second-order valence-electron chi connectivity index (χ2n) is 4.25. The Bertz CT molecular complexity index is 342. The zero-order valence-corrected chi connectivity index (χ0v) is 10.3. The van der Waals surface area contributed by atoms with E-state index in [9.17, 15) is 14.4 Å². The highest BCUT2D eigenvalue weighted by molar-refractivity contribution is 6.35. The van der Waals surface area contributed by atoms with Gasteiger partial charge in [0.2, 0.25) is 0 Å². The van der Waals surface area contributed by atoms with Crippen molar-refractivity contribution in [2.24, 2.45) is 5.92 Å². The van der Waals surface area contributed by atoms with Crippen molar-refractivity contribution in [3.8, 4) is 0 Å². The summed E-state index contributed by atoms with van der Waals surface area (Å²) in [6, 6.07) is -0.469. The number of nitrogens with zero attached hydrogens (tertiary/aromatic N) is 2. The van der Waals surface area contributed by atoms with E-state index in [2.05, 4.69) is 0 Å². The van der Waals surface area contributed by atoms with Crippen molar-refractivity contribution < 1.29 is 19.5 Å². The van der Waals surface area contributed by atoms with E-state index in [1.165, 1.54) is 16.7 Å². The van der Waals surface area contributed by atoms with Gasteiger partial charge >= 0.3 is 17.8 Å². The third kappa shape index (κ3) is 2.57. The Morgan fingerprint density at radius 2 is 1.88 bits per heavy atom. The van der Waals surface area contributed by atoms with Crippen molar-refractivity contribution in [2.45, 2.75) is 26.8 Å². The third-order valence-electron chi connectivity index (χ3n) is 3.33. The van der Waals surface area contributed by atoms with E-state index >= 15 is 0 Å². The van der Waals surface area contributed by atoms with Crippen LogP contribution < -0.4 is 0 Å². The Kier molecular flexibility index (Phi) is 4.09. The normalized spacial score (nSPS) is 20.4. The van der Waals surface area contributed by atoms with E-state index in [1.807, 2.05) is 6.92 Å². The van der Waals surface area contributed by atoms with Gasteiger partial charge in [-0.1, -0.05) is 0 Å². The largest absolute Gasteiger partial charge is 0.481 e. The molecule has 6 nitrogen and oxygen atoms in total. The van der Waals surface area contributed by atoms with Crippen molar-refractivity contribution >= 4 is 17.8 Å². The number of carbonyl (C=O) groups excluding carboxylic acids is 2. The molecule has 0 saturated carbocycles. The van der Waals surface area contributed by atoms with Crippen LogP contribution in [0.3, 0.4) is 0 Å². The van der Waals surface area contributed by atoms with Crippen LogP contribution in [0.4, 0.5) is 0 Å². The molecule has 2 unspecified atom stereocenters. The van der Waals surface area contributed by atoms with Gasteiger partial charge in [0.1, 0.15) is 0 Å². The summed E-state index contributed by atoms with van der Waals surface area (Å²) >= 11 is 0. The van der Waals surface area contributed by atoms with Gasteiger partial charge in [0.25, 0.3) is 0 Å². The SMILES string of the molecule is CCN1CCN(C(C)C(C)C(=O)O)C(=O)C1=O. The van der Waals surface area contributed by atoms with Gasteiger partial charge in [-0.25, -0.2) is 0 Å². The molecular formula is C11H18N2O4. The topological polar surface area (TPSA) is 77.9 Å². The maximum atomic E-state index is 11.8. The van der Waals surface area contributed by atoms with Crippen LogP contribution in [-0.4, -0.2) is 58.4 Å². The molecule has 1 N–H and O–H groups in total. The van der Waals surface area contributed by atoms with Crippen LogP contribution in [0.25, 0.3) is 0 Å². The van der Waals surface area contributed by atoms with Gasteiger partial charge in [-0.05, 0) is 20.8 Å². The molecule has 0 aliphatic carbocycles. The van der Waals surface area contributed by atoms with Crippen molar-refractivity contribution in [3.63, 3.8) is 0 Å². The van der Waals surface area contributed by atoms with E-state index in [4.69, 9.17) is 5.11 Å².